The fraction of sp³-hybridized carbons (Fsp3) is 0.263. The van der Waals surface area contributed by atoms with Gasteiger partial charge >= 0.3 is 0 Å². The molecule has 0 unspecified atom stereocenters. The maximum atomic E-state index is 4.46. The van der Waals surface area contributed by atoms with E-state index in [9.17, 15) is 0 Å². The smallest absolute Gasteiger partial charge is 0.225 e. The molecule has 0 amide bonds. The normalized spacial score (nSPS) is 15.2. The Bertz CT molecular complexity index is 850. The summed E-state index contributed by atoms with van der Waals surface area (Å²) in [6.45, 7) is 5.78. The van der Waals surface area contributed by atoms with Gasteiger partial charge in [-0.05, 0) is 36.6 Å². The summed E-state index contributed by atoms with van der Waals surface area (Å²) < 4.78 is 2.33. The third kappa shape index (κ3) is 3.84. The third-order valence-corrected chi connectivity index (χ3v) is 5.50. The minimum absolute atomic E-state index is 0.806. The molecule has 1 aliphatic rings. The van der Waals surface area contributed by atoms with Crippen LogP contribution in [-0.4, -0.2) is 50.6 Å². The van der Waals surface area contributed by atoms with E-state index in [0.29, 0.717) is 0 Å². The van der Waals surface area contributed by atoms with E-state index >= 15 is 0 Å². The molecule has 0 bridgehead atoms. The molecule has 6 nitrogen and oxygen atoms in total. The minimum atomic E-state index is 0.806. The lowest BCUT2D eigenvalue weighted by Crippen LogP contribution is -2.44. The van der Waals surface area contributed by atoms with Crippen molar-refractivity contribution in [2.75, 3.05) is 31.1 Å². The highest BCUT2D eigenvalue weighted by Gasteiger charge is 2.20. The summed E-state index contributed by atoms with van der Waals surface area (Å²) in [5.41, 5.74) is 3.16. The Morgan fingerprint density at radius 3 is 2.31 bits per heavy atom. The third-order valence-electron chi connectivity index (χ3n) is 4.30. The molecule has 1 aliphatic heterocycles. The van der Waals surface area contributed by atoms with Gasteiger partial charge in [-0.25, -0.2) is 14.3 Å². The molecule has 4 rings (SSSR count). The molecule has 3 heterocycles. The van der Waals surface area contributed by atoms with Gasteiger partial charge < -0.3 is 4.90 Å². The van der Waals surface area contributed by atoms with Crippen molar-refractivity contribution in [3.05, 3.63) is 60.4 Å². The highest BCUT2D eigenvalue weighted by molar-refractivity contribution is 7.97. The molecular weight excluding hydrogens is 344 g/mol. The van der Waals surface area contributed by atoms with Gasteiger partial charge in [0.05, 0.1) is 5.69 Å². The number of anilines is 1. The fourth-order valence-corrected chi connectivity index (χ4v) is 3.74. The lowest BCUT2D eigenvalue weighted by molar-refractivity contribution is 0.425. The van der Waals surface area contributed by atoms with Crippen molar-refractivity contribution in [1.29, 1.82) is 0 Å². The van der Waals surface area contributed by atoms with Crippen molar-refractivity contribution < 1.29 is 0 Å². The van der Waals surface area contributed by atoms with Gasteiger partial charge in [0.15, 0.2) is 0 Å². The van der Waals surface area contributed by atoms with E-state index < -0.39 is 0 Å². The van der Waals surface area contributed by atoms with Crippen LogP contribution in [-0.2, 0) is 0 Å². The van der Waals surface area contributed by atoms with Crippen molar-refractivity contribution >= 4 is 17.9 Å². The topological polar surface area (TPSA) is 58.0 Å². The van der Waals surface area contributed by atoms with E-state index in [2.05, 4.69) is 54.5 Å². The Labute approximate surface area is 157 Å². The predicted octanol–water partition coefficient (Wildman–Crippen LogP) is 3.07. The maximum absolute atomic E-state index is 4.46. The van der Waals surface area contributed by atoms with E-state index in [0.717, 1.165) is 54.0 Å². The summed E-state index contributed by atoms with van der Waals surface area (Å²) in [6, 6.07) is 14.1. The first-order chi connectivity index (χ1) is 12.8. The Kier molecular flexibility index (Phi) is 5.08. The number of aromatic nitrogens is 4. The molecule has 0 N–H and O–H groups in total. The molecule has 0 spiro atoms. The highest BCUT2D eigenvalue weighted by Crippen LogP contribution is 2.27. The number of benzene rings is 1. The number of hydrogen-bond acceptors (Lipinski definition) is 7. The van der Waals surface area contributed by atoms with Crippen LogP contribution in [0.3, 0.4) is 0 Å². The minimum Gasteiger partial charge on any atom is -0.338 e. The summed E-state index contributed by atoms with van der Waals surface area (Å²) in [4.78, 5) is 10.9. The van der Waals surface area contributed by atoms with E-state index in [1.165, 1.54) is 0 Å². The zero-order valence-electron chi connectivity index (χ0n) is 14.6. The zero-order chi connectivity index (χ0) is 17.8. The first-order valence-electron chi connectivity index (χ1n) is 8.64. The molecule has 1 aromatic carbocycles. The lowest BCUT2D eigenvalue weighted by atomic mass is 10.1. The molecule has 0 radical (unpaired) electrons. The largest absolute Gasteiger partial charge is 0.338 e. The highest BCUT2D eigenvalue weighted by atomic mass is 32.2. The first-order valence-corrected chi connectivity index (χ1v) is 9.41. The second-order valence-electron chi connectivity index (χ2n) is 6.14. The van der Waals surface area contributed by atoms with Crippen LogP contribution >= 0.6 is 11.9 Å². The fourth-order valence-electron chi connectivity index (χ4n) is 2.87. The van der Waals surface area contributed by atoms with Gasteiger partial charge in [0.25, 0.3) is 0 Å². The van der Waals surface area contributed by atoms with Gasteiger partial charge in [-0.1, -0.05) is 30.3 Å². The molecule has 26 heavy (non-hydrogen) atoms. The molecule has 2 aromatic heterocycles. The summed E-state index contributed by atoms with van der Waals surface area (Å²) in [6.07, 6.45) is 3.58. The van der Waals surface area contributed by atoms with Crippen LogP contribution in [0.5, 0.6) is 0 Å². The van der Waals surface area contributed by atoms with Crippen LogP contribution in [0.4, 0.5) is 5.95 Å². The zero-order valence-corrected chi connectivity index (χ0v) is 15.4. The second-order valence-corrected chi connectivity index (χ2v) is 7.23. The second kappa shape index (κ2) is 7.80. The van der Waals surface area contributed by atoms with Crippen LogP contribution in [0.2, 0.25) is 0 Å². The Morgan fingerprint density at radius 2 is 1.62 bits per heavy atom. The summed E-state index contributed by atoms with van der Waals surface area (Å²) in [5, 5.41) is 9.84. The van der Waals surface area contributed by atoms with E-state index in [1.54, 1.807) is 24.3 Å². The summed E-state index contributed by atoms with van der Waals surface area (Å²) in [5.74, 6) is 0.806. The van der Waals surface area contributed by atoms with Gasteiger partial charge in [-0.2, -0.15) is 0 Å². The molecule has 1 saturated heterocycles. The van der Waals surface area contributed by atoms with Gasteiger partial charge in [-0.3, -0.25) is 0 Å². The first kappa shape index (κ1) is 16.9. The molecule has 7 heteroatoms. The van der Waals surface area contributed by atoms with E-state index in [1.807, 2.05) is 24.3 Å². The molecule has 1 fully saturated rings. The van der Waals surface area contributed by atoms with Crippen molar-refractivity contribution in [2.45, 2.75) is 11.9 Å². The summed E-state index contributed by atoms with van der Waals surface area (Å²) in [7, 11) is 0. The number of nitrogens with zero attached hydrogens (tertiary/aromatic N) is 6. The lowest BCUT2D eigenvalue weighted by Gasteiger charge is -2.33. The molecular formula is C19H20N6S. The Morgan fingerprint density at radius 1 is 0.885 bits per heavy atom. The van der Waals surface area contributed by atoms with Crippen molar-refractivity contribution in [3.63, 3.8) is 0 Å². The maximum Gasteiger partial charge on any atom is 0.225 e. The van der Waals surface area contributed by atoms with Crippen molar-refractivity contribution in [2.24, 2.45) is 0 Å². The van der Waals surface area contributed by atoms with Crippen LogP contribution in [0, 0.1) is 6.92 Å². The molecule has 0 aliphatic carbocycles. The van der Waals surface area contributed by atoms with Crippen LogP contribution in [0.1, 0.15) is 5.56 Å². The van der Waals surface area contributed by atoms with Crippen LogP contribution in [0.15, 0.2) is 59.9 Å². The molecule has 0 atom stereocenters. The molecule has 3 aromatic rings. The van der Waals surface area contributed by atoms with Gasteiger partial charge in [0.1, 0.15) is 5.03 Å². The van der Waals surface area contributed by atoms with Crippen molar-refractivity contribution in [3.8, 4) is 11.3 Å². The average Bonchev–Trinajstić information content (AvgIpc) is 2.71. The van der Waals surface area contributed by atoms with Crippen LogP contribution in [0.25, 0.3) is 11.3 Å². The Hall–Kier alpha value is -2.51. The standard InChI is InChI=1S/C19H20N6S/c1-15-14-17(16-6-3-2-4-7-16)22-23-18(15)26-25-12-10-24(11-13-25)19-20-8-5-9-21-19/h2-9,14H,10-13H2,1H3. The summed E-state index contributed by atoms with van der Waals surface area (Å²) >= 11 is 1.68. The van der Waals surface area contributed by atoms with Gasteiger partial charge in [-0.15, -0.1) is 10.2 Å². The monoisotopic (exact) mass is 364 g/mol. The average molecular weight is 364 g/mol. The number of aryl methyl sites for hydroxylation is 1. The van der Waals surface area contributed by atoms with E-state index in [-0.39, 0.29) is 0 Å². The Balaban J connectivity index is 1.39. The quantitative estimate of drug-likeness (QED) is 0.659. The number of piperazine rings is 1. The SMILES string of the molecule is Cc1cc(-c2ccccc2)nnc1SN1CCN(c2ncccn2)CC1. The number of hydrogen-bond donors (Lipinski definition) is 0. The van der Waals surface area contributed by atoms with Gasteiger partial charge in [0.2, 0.25) is 5.95 Å². The van der Waals surface area contributed by atoms with Crippen LogP contribution < -0.4 is 4.90 Å². The van der Waals surface area contributed by atoms with Gasteiger partial charge in [0, 0.05) is 44.1 Å². The predicted molar refractivity (Wildman–Crippen MR) is 104 cm³/mol. The van der Waals surface area contributed by atoms with Crippen molar-refractivity contribution in [1.82, 2.24) is 24.5 Å². The van der Waals surface area contributed by atoms with E-state index in [4.69, 9.17) is 0 Å². The molecule has 0 saturated carbocycles. The number of rotatable bonds is 4. The molecule has 132 valence electrons.